The zero-order valence-corrected chi connectivity index (χ0v) is 11.0. The van der Waals surface area contributed by atoms with Crippen molar-refractivity contribution in [3.8, 4) is 0 Å². The lowest BCUT2D eigenvalue weighted by Gasteiger charge is -2.56. The van der Waals surface area contributed by atoms with Crippen LogP contribution >= 0.6 is 0 Å². The number of nitrogens with zero attached hydrogens (tertiary/aromatic N) is 3. The van der Waals surface area contributed by atoms with Crippen molar-refractivity contribution in [3.05, 3.63) is 11.9 Å². The van der Waals surface area contributed by atoms with Crippen molar-refractivity contribution >= 4 is 0 Å². The van der Waals surface area contributed by atoms with Crippen molar-refractivity contribution in [1.82, 2.24) is 15.0 Å². The van der Waals surface area contributed by atoms with Crippen LogP contribution in [0.5, 0.6) is 0 Å². The summed E-state index contributed by atoms with van der Waals surface area (Å²) in [5, 5.41) is 8.67. The Morgan fingerprint density at radius 2 is 1.78 bits per heavy atom. The number of hydrogen-bond donors (Lipinski definition) is 1. The third-order valence-electron chi connectivity index (χ3n) is 5.51. The van der Waals surface area contributed by atoms with Crippen LogP contribution < -0.4 is 5.73 Å². The zero-order chi connectivity index (χ0) is 12.3. The number of hydrogen-bond acceptors (Lipinski definition) is 3. The number of nitrogens with two attached hydrogens (primary N) is 1. The van der Waals surface area contributed by atoms with Gasteiger partial charge in [0.25, 0.3) is 0 Å². The summed E-state index contributed by atoms with van der Waals surface area (Å²) in [5.41, 5.74) is 7.45. The first-order chi connectivity index (χ1) is 8.64. The minimum Gasteiger partial charge on any atom is -0.310 e. The van der Waals surface area contributed by atoms with E-state index in [9.17, 15) is 0 Å². The molecule has 4 aliphatic carbocycles. The Hall–Kier alpha value is -0.900. The van der Waals surface area contributed by atoms with Crippen LogP contribution in [0.4, 0.5) is 0 Å². The highest BCUT2D eigenvalue weighted by Crippen LogP contribution is 2.60. The van der Waals surface area contributed by atoms with Gasteiger partial charge in [-0.2, -0.15) is 0 Å². The van der Waals surface area contributed by atoms with E-state index in [1.54, 1.807) is 0 Å². The molecule has 0 saturated heterocycles. The molecule has 0 spiro atoms. The molecule has 5 rings (SSSR count). The van der Waals surface area contributed by atoms with E-state index in [-0.39, 0.29) is 6.17 Å². The van der Waals surface area contributed by atoms with Gasteiger partial charge in [0.15, 0.2) is 0 Å². The van der Waals surface area contributed by atoms with Crippen LogP contribution in [0.3, 0.4) is 0 Å². The monoisotopic (exact) mass is 246 g/mol. The number of rotatable bonds is 2. The van der Waals surface area contributed by atoms with Crippen molar-refractivity contribution in [3.63, 3.8) is 0 Å². The van der Waals surface area contributed by atoms with Crippen LogP contribution in [0.15, 0.2) is 6.20 Å². The third kappa shape index (κ3) is 1.48. The van der Waals surface area contributed by atoms with Crippen molar-refractivity contribution < 1.29 is 0 Å². The first-order valence-electron chi connectivity index (χ1n) is 7.32. The Balaban J connectivity index is 1.70. The Kier molecular flexibility index (Phi) is 2.17. The fourth-order valence-corrected chi connectivity index (χ4v) is 5.14. The molecule has 98 valence electrons. The topological polar surface area (TPSA) is 56.7 Å². The average Bonchev–Trinajstić information content (AvgIpc) is 2.76. The first kappa shape index (κ1) is 11.0. The number of aromatic nitrogens is 3. The molecule has 1 heterocycles. The van der Waals surface area contributed by atoms with Gasteiger partial charge >= 0.3 is 0 Å². The largest absolute Gasteiger partial charge is 0.310 e. The molecule has 2 N–H and O–H groups in total. The van der Waals surface area contributed by atoms with Gasteiger partial charge in [0.05, 0.1) is 18.1 Å². The summed E-state index contributed by atoms with van der Waals surface area (Å²) in [6.07, 6.45) is 10.5. The van der Waals surface area contributed by atoms with Crippen molar-refractivity contribution in [2.45, 2.75) is 57.0 Å². The summed E-state index contributed by atoms with van der Waals surface area (Å²) in [6, 6.07) is 0. The Morgan fingerprint density at radius 1 is 1.22 bits per heavy atom. The summed E-state index contributed by atoms with van der Waals surface area (Å²) in [6.45, 7) is 1.96. The van der Waals surface area contributed by atoms with Gasteiger partial charge in [-0.25, -0.2) is 4.68 Å². The summed E-state index contributed by atoms with van der Waals surface area (Å²) in [5.74, 6) is 2.87. The fourth-order valence-electron chi connectivity index (χ4n) is 5.14. The Labute approximate surface area is 108 Å². The quantitative estimate of drug-likeness (QED) is 0.870. The third-order valence-corrected chi connectivity index (χ3v) is 5.51. The molecule has 1 aromatic rings. The molecule has 1 aromatic heterocycles. The second-order valence-electron chi connectivity index (χ2n) is 7.02. The molecule has 1 unspecified atom stereocenters. The van der Waals surface area contributed by atoms with Gasteiger partial charge < -0.3 is 5.73 Å². The van der Waals surface area contributed by atoms with E-state index in [0.717, 1.165) is 17.8 Å². The Morgan fingerprint density at radius 3 is 2.22 bits per heavy atom. The highest BCUT2D eigenvalue weighted by atomic mass is 15.5. The predicted molar refractivity (Wildman–Crippen MR) is 68.8 cm³/mol. The van der Waals surface area contributed by atoms with Crippen LogP contribution in [0.1, 0.15) is 57.3 Å². The molecule has 4 nitrogen and oxygen atoms in total. The standard InChI is InChI=1S/C14H22N4/c1-9(15)18-8-13(16-17-18)14-5-10-2-11(6-14)4-12(3-10)7-14/h8-12H,2-7,15H2,1H3. The van der Waals surface area contributed by atoms with Gasteiger partial charge in [0.2, 0.25) is 0 Å². The van der Waals surface area contributed by atoms with Crippen LogP contribution in [-0.4, -0.2) is 15.0 Å². The van der Waals surface area contributed by atoms with Gasteiger partial charge in [-0.1, -0.05) is 5.21 Å². The molecule has 0 aromatic carbocycles. The first-order valence-corrected chi connectivity index (χ1v) is 7.32. The normalized spacial score (nSPS) is 43.3. The smallest absolute Gasteiger partial charge is 0.0977 e. The minimum atomic E-state index is -0.0693. The van der Waals surface area contributed by atoms with Gasteiger partial charge in [-0.05, 0) is 63.2 Å². The van der Waals surface area contributed by atoms with Crippen molar-refractivity contribution in [1.29, 1.82) is 0 Å². The lowest BCUT2D eigenvalue weighted by atomic mass is 9.49. The molecule has 4 saturated carbocycles. The van der Waals surface area contributed by atoms with E-state index in [1.807, 2.05) is 11.6 Å². The summed E-state index contributed by atoms with van der Waals surface area (Å²) < 4.78 is 1.81. The lowest BCUT2D eigenvalue weighted by molar-refractivity contribution is -0.00726. The van der Waals surface area contributed by atoms with Crippen LogP contribution in [0.2, 0.25) is 0 Å². The molecule has 0 radical (unpaired) electrons. The van der Waals surface area contributed by atoms with E-state index < -0.39 is 0 Å². The van der Waals surface area contributed by atoms with Crippen LogP contribution in [0.25, 0.3) is 0 Å². The van der Waals surface area contributed by atoms with E-state index in [2.05, 4.69) is 16.5 Å². The average molecular weight is 246 g/mol. The molecule has 4 fully saturated rings. The molecule has 0 aliphatic heterocycles. The van der Waals surface area contributed by atoms with Gasteiger partial charge in [0, 0.05) is 5.41 Å². The maximum absolute atomic E-state index is 5.88. The van der Waals surface area contributed by atoms with E-state index in [0.29, 0.717) is 5.41 Å². The summed E-state index contributed by atoms with van der Waals surface area (Å²) in [7, 11) is 0. The molecule has 4 aliphatic rings. The van der Waals surface area contributed by atoms with E-state index >= 15 is 0 Å². The molecule has 0 amide bonds. The minimum absolute atomic E-state index is 0.0693. The van der Waals surface area contributed by atoms with Crippen LogP contribution in [-0.2, 0) is 5.41 Å². The van der Waals surface area contributed by atoms with E-state index in [1.165, 1.54) is 44.2 Å². The highest BCUT2D eigenvalue weighted by molar-refractivity contribution is 5.20. The maximum atomic E-state index is 5.88. The molecular weight excluding hydrogens is 224 g/mol. The molecule has 4 bridgehead atoms. The maximum Gasteiger partial charge on any atom is 0.0977 e. The molecule has 18 heavy (non-hydrogen) atoms. The SMILES string of the molecule is CC(N)n1cc(C23CC4CC(CC(C4)C2)C3)nn1. The highest BCUT2D eigenvalue weighted by Gasteiger charge is 2.52. The summed E-state index contributed by atoms with van der Waals surface area (Å²) in [4.78, 5) is 0. The fraction of sp³-hybridized carbons (Fsp3) is 0.857. The zero-order valence-electron chi connectivity index (χ0n) is 11.0. The summed E-state index contributed by atoms with van der Waals surface area (Å²) >= 11 is 0. The van der Waals surface area contributed by atoms with Crippen molar-refractivity contribution in [2.75, 3.05) is 0 Å². The van der Waals surface area contributed by atoms with Crippen LogP contribution in [0, 0.1) is 17.8 Å². The molecule has 1 atom stereocenters. The second kappa shape index (κ2) is 3.56. The van der Waals surface area contributed by atoms with E-state index in [4.69, 9.17) is 5.73 Å². The molecule has 4 heteroatoms. The van der Waals surface area contributed by atoms with Crippen molar-refractivity contribution in [2.24, 2.45) is 23.5 Å². The predicted octanol–water partition coefficient (Wildman–Crippen LogP) is 2.22. The van der Waals surface area contributed by atoms with Gasteiger partial charge in [-0.15, -0.1) is 5.10 Å². The van der Waals surface area contributed by atoms with Gasteiger partial charge in [-0.3, -0.25) is 0 Å². The second-order valence-corrected chi connectivity index (χ2v) is 7.02. The lowest BCUT2D eigenvalue weighted by Crippen LogP contribution is -2.48. The molecular formula is C14H22N4. The van der Waals surface area contributed by atoms with Gasteiger partial charge in [0.1, 0.15) is 0 Å². The Bertz CT molecular complexity index is 427.